The van der Waals surface area contributed by atoms with E-state index in [1.807, 2.05) is 0 Å². The maximum absolute atomic E-state index is 11.8. The SMILES string of the molecule is Cn1c(CN2CCCCC2)cc(=O)n(C)c1=O. The van der Waals surface area contributed by atoms with E-state index >= 15 is 0 Å². The molecule has 2 rings (SSSR count). The highest BCUT2D eigenvalue weighted by molar-refractivity contribution is 5.02. The van der Waals surface area contributed by atoms with E-state index in [2.05, 4.69) is 4.90 Å². The summed E-state index contributed by atoms with van der Waals surface area (Å²) in [6, 6.07) is 1.57. The van der Waals surface area contributed by atoms with Gasteiger partial charge in [-0.2, -0.15) is 0 Å². The molecule has 5 heteroatoms. The van der Waals surface area contributed by atoms with E-state index in [-0.39, 0.29) is 11.2 Å². The Hall–Kier alpha value is -1.36. The van der Waals surface area contributed by atoms with Gasteiger partial charge in [-0.15, -0.1) is 0 Å². The first-order chi connectivity index (χ1) is 8.09. The molecule has 2 heterocycles. The lowest BCUT2D eigenvalue weighted by Crippen LogP contribution is -2.40. The molecule has 0 aliphatic carbocycles. The smallest absolute Gasteiger partial charge is 0.299 e. The van der Waals surface area contributed by atoms with Crippen LogP contribution in [0, 0.1) is 0 Å². The molecule has 1 aromatic heterocycles. The first-order valence-corrected chi connectivity index (χ1v) is 6.08. The van der Waals surface area contributed by atoms with Crippen molar-refractivity contribution in [3.63, 3.8) is 0 Å². The molecule has 0 radical (unpaired) electrons. The van der Waals surface area contributed by atoms with Gasteiger partial charge in [0.25, 0.3) is 5.56 Å². The number of likely N-dealkylation sites (tertiary alicyclic amines) is 1. The molecule has 1 aliphatic heterocycles. The van der Waals surface area contributed by atoms with Crippen LogP contribution >= 0.6 is 0 Å². The molecule has 1 saturated heterocycles. The third-order valence-corrected chi connectivity index (χ3v) is 3.46. The van der Waals surface area contributed by atoms with Crippen molar-refractivity contribution in [1.29, 1.82) is 0 Å². The minimum Gasteiger partial charge on any atom is -0.299 e. The van der Waals surface area contributed by atoms with Crippen LogP contribution in [-0.2, 0) is 20.6 Å². The van der Waals surface area contributed by atoms with E-state index < -0.39 is 0 Å². The third-order valence-electron chi connectivity index (χ3n) is 3.46. The molecule has 1 aromatic rings. The number of hydrogen-bond donors (Lipinski definition) is 0. The zero-order valence-corrected chi connectivity index (χ0v) is 10.5. The van der Waals surface area contributed by atoms with Gasteiger partial charge < -0.3 is 0 Å². The molecule has 0 spiro atoms. The molecular weight excluding hydrogens is 218 g/mol. The monoisotopic (exact) mass is 237 g/mol. The second-order valence-electron chi connectivity index (χ2n) is 4.71. The summed E-state index contributed by atoms with van der Waals surface area (Å²) in [5.41, 5.74) is 0.338. The summed E-state index contributed by atoms with van der Waals surface area (Å²) in [6.45, 7) is 2.81. The quantitative estimate of drug-likeness (QED) is 0.731. The van der Waals surface area contributed by atoms with Crippen LogP contribution in [0.15, 0.2) is 15.7 Å². The fraction of sp³-hybridized carbons (Fsp3) is 0.667. The van der Waals surface area contributed by atoms with Crippen molar-refractivity contribution in [2.24, 2.45) is 14.1 Å². The predicted molar refractivity (Wildman–Crippen MR) is 66.1 cm³/mol. The average Bonchev–Trinajstić information content (AvgIpc) is 2.35. The van der Waals surface area contributed by atoms with Gasteiger partial charge in [0.05, 0.1) is 0 Å². The highest BCUT2D eigenvalue weighted by Gasteiger charge is 2.13. The van der Waals surface area contributed by atoms with Crippen LogP contribution in [0.3, 0.4) is 0 Å². The van der Waals surface area contributed by atoms with E-state index in [0.29, 0.717) is 6.54 Å². The number of piperidine rings is 1. The molecule has 1 aliphatic rings. The van der Waals surface area contributed by atoms with Crippen molar-refractivity contribution in [3.8, 4) is 0 Å². The molecule has 0 bridgehead atoms. The van der Waals surface area contributed by atoms with E-state index in [1.54, 1.807) is 17.7 Å². The molecule has 94 valence electrons. The van der Waals surface area contributed by atoms with Crippen LogP contribution in [0.1, 0.15) is 25.0 Å². The van der Waals surface area contributed by atoms with Crippen LogP contribution in [0.2, 0.25) is 0 Å². The van der Waals surface area contributed by atoms with Gasteiger partial charge in [-0.25, -0.2) is 4.79 Å². The van der Waals surface area contributed by atoms with Gasteiger partial charge in [-0.05, 0) is 25.9 Å². The Labute approximate surface area is 100 Å². The largest absolute Gasteiger partial charge is 0.330 e. The highest BCUT2D eigenvalue weighted by atomic mass is 16.2. The summed E-state index contributed by atoms with van der Waals surface area (Å²) in [4.78, 5) is 25.6. The second-order valence-corrected chi connectivity index (χ2v) is 4.71. The highest BCUT2D eigenvalue weighted by Crippen LogP contribution is 2.11. The number of nitrogens with zero attached hydrogens (tertiary/aromatic N) is 3. The lowest BCUT2D eigenvalue weighted by atomic mass is 10.1. The van der Waals surface area contributed by atoms with Gasteiger partial charge in [-0.3, -0.25) is 18.8 Å². The van der Waals surface area contributed by atoms with Crippen LogP contribution < -0.4 is 11.2 Å². The van der Waals surface area contributed by atoms with E-state index in [1.165, 1.54) is 26.3 Å². The molecular formula is C12H19N3O2. The van der Waals surface area contributed by atoms with Crippen LogP contribution in [-0.4, -0.2) is 27.1 Å². The summed E-state index contributed by atoms with van der Waals surface area (Å²) >= 11 is 0. The van der Waals surface area contributed by atoms with Crippen LogP contribution in [0.4, 0.5) is 0 Å². The number of hydrogen-bond acceptors (Lipinski definition) is 3. The Morgan fingerprint density at radius 1 is 1.06 bits per heavy atom. The maximum atomic E-state index is 11.8. The normalized spacial score (nSPS) is 17.3. The fourth-order valence-corrected chi connectivity index (χ4v) is 2.28. The Bertz CT molecular complexity index is 509. The molecule has 0 saturated carbocycles. The molecule has 0 amide bonds. The average molecular weight is 237 g/mol. The van der Waals surface area contributed by atoms with Gasteiger partial charge in [0.1, 0.15) is 0 Å². The zero-order valence-electron chi connectivity index (χ0n) is 10.5. The third kappa shape index (κ3) is 2.49. The Morgan fingerprint density at radius 3 is 2.35 bits per heavy atom. The standard InChI is InChI=1S/C12H19N3O2/c1-13-10(8-11(16)14(2)12(13)17)9-15-6-4-3-5-7-15/h8H,3-7,9H2,1-2H3. The fourth-order valence-electron chi connectivity index (χ4n) is 2.28. The lowest BCUT2D eigenvalue weighted by molar-refractivity contribution is 0.215. The van der Waals surface area contributed by atoms with Gasteiger partial charge >= 0.3 is 5.69 Å². The van der Waals surface area contributed by atoms with E-state index in [0.717, 1.165) is 23.4 Å². The Kier molecular flexibility index (Phi) is 3.47. The van der Waals surface area contributed by atoms with Crippen LogP contribution in [0.5, 0.6) is 0 Å². The minimum absolute atomic E-state index is 0.222. The predicted octanol–water partition coefficient (Wildman–Crippen LogP) is 0.0699. The van der Waals surface area contributed by atoms with Crippen LogP contribution in [0.25, 0.3) is 0 Å². The summed E-state index contributed by atoms with van der Waals surface area (Å²) in [6.07, 6.45) is 3.70. The van der Waals surface area contributed by atoms with Gasteiger partial charge in [0.2, 0.25) is 0 Å². The molecule has 0 aromatic carbocycles. The first-order valence-electron chi connectivity index (χ1n) is 6.08. The summed E-state index contributed by atoms with van der Waals surface area (Å²) in [5.74, 6) is 0. The Morgan fingerprint density at radius 2 is 1.71 bits per heavy atom. The number of aromatic nitrogens is 2. The second kappa shape index (κ2) is 4.87. The summed E-state index contributed by atoms with van der Waals surface area (Å²) in [5, 5.41) is 0. The molecule has 17 heavy (non-hydrogen) atoms. The molecule has 0 N–H and O–H groups in total. The van der Waals surface area contributed by atoms with Crippen molar-refractivity contribution in [2.75, 3.05) is 13.1 Å². The molecule has 1 fully saturated rings. The molecule has 0 atom stereocenters. The number of rotatable bonds is 2. The van der Waals surface area contributed by atoms with Gasteiger partial charge in [-0.1, -0.05) is 6.42 Å². The van der Waals surface area contributed by atoms with E-state index in [4.69, 9.17) is 0 Å². The van der Waals surface area contributed by atoms with Crippen molar-refractivity contribution in [3.05, 3.63) is 32.6 Å². The summed E-state index contributed by atoms with van der Waals surface area (Å²) in [7, 11) is 3.23. The van der Waals surface area contributed by atoms with Crippen molar-refractivity contribution in [1.82, 2.24) is 14.0 Å². The lowest BCUT2D eigenvalue weighted by Gasteiger charge is -2.26. The van der Waals surface area contributed by atoms with Gasteiger partial charge in [0.15, 0.2) is 0 Å². The van der Waals surface area contributed by atoms with Crippen molar-refractivity contribution >= 4 is 0 Å². The summed E-state index contributed by atoms with van der Waals surface area (Å²) < 4.78 is 2.70. The maximum Gasteiger partial charge on any atom is 0.330 e. The van der Waals surface area contributed by atoms with Gasteiger partial charge in [0, 0.05) is 32.4 Å². The minimum atomic E-state index is -0.246. The topological polar surface area (TPSA) is 47.2 Å². The van der Waals surface area contributed by atoms with E-state index in [9.17, 15) is 9.59 Å². The molecule has 5 nitrogen and oxygen atoms in total. The first kappa shape index (κ1) is 12.1. The van der Waals surface area contributed by atoms with Crippen molar-refractivity contribution < 1.29 is 0 Å². The Balaban J connectivity index is 2.27. The molecule has 0 unspecified atom stereocenters. The zero-order chi connectivity index (χ0) is 12.4. The van der Waals surface area contributed by atoms with Crippen molar-refractivity contribution in [2.45, 2.75) is 25.8 Å².